The summed E-state index contributed by atoms with van der Waals surface area (Å²) in [6, 6.07) is 3.76. The van der Waals surface area contributed by atoms with Crippen molar-refractivity contribution in [3.63, 3.8) is 0 Å². The van der Waals surface area contributed by atoms with Gasteiger partial charge in [-0.25, -0.2) is 19.2 Å². The zero-order chi connectivity index (χ0) is 15.6. The average molecular weight is 310 g/mol. The van der Waals surface area contributed by atoms with Crippen molar-refractivity contribution < 1.29 is 14.3 Å². The molecule has 0 fully saturated rings. The van der Waals surface area contributed by atoms with Gasteiger partial charge in [-0.15, -0.1) is 0 Å². The van der Waals surface area contributed by atoms with Crippen LogP contribution in [0.5, 0.6) is 0 Å². The number of carboxylic acids is 1. The Kier molecular flexibility index (Phi) is 4.37. The summed E-state index contributed by atoms with van der Waals surface area (Å²) in [6.45, 7) is 3.72. The molecule has 0 bridgehead atoms. The van der Waals surface area contributed by atoms with Crippen molar-refractivity contribution >= 4 is 28.9 Å². The molecule has 7 heteroatoms. The minimum absolute atomic E-state index is 0.00472. The van der Waals surface area contributed by atoms with Crippen molar-refractivity contribution in [1.29, 1.82) is 0 Å². The molecular formula is C14H13ClFN3O2. The van der Waals surface area contributed by atoms with Crippen molar-refractivity contribution in [3.8, 4) is 0 Å². The van der Waals surface area contributed by atoms with E-state index in [0.717, 1.165) is 0 Å². The van der Waals surface area contributed by atoms with Crippen LogP contribution >= 0.6 is 11.6 Å². The van der Waals surface area contributed by atoms with Gasteiger partial charge in [-0.05, 0) is 18.2 Å². The maximum Gasteiger partial charge on any atom is 0.356 e. The van der Waals surface area contributed by atoms with Crippen LogP contribution in [0, 0.1) is 5.82 Å². The first-order valence-corrected chi connectivity index (χ1v) is 6.58. The summed E-state index contributed by atoms with van der Waals surface area (Å²) in [5, 5.41) is 12.3. The molecule has 0 unspecified atom stereocenters. The van der Waals surface area contributed by atoms with Crippen LogP contribution in [0.25, 0.3) is 0 Å². The molecule has 0 atom stereocenters. The molecule has 5 nitrogen and oxygen atoms in total. The van der Waals surface area contributed by atoms with Crippen LogP contribution in [0.15, 0.2) is 24.4 Å². The highest BCUT2D eigenvalue weighted by Gasteiger charge is 2.16. The largest absolute Gasteiger partial charge is 0.476 e. The van der Waals surface area contributed by atoms with Gasteiger partial charge < -0.3 is 10.4 Å². The average Bonchev–Trinajstić information content (AvgIpc) is 2.42. The van der Waals surface area contributed by atoms with E-state index in [-0.39, 0.29) is 28.0 Å². The lowest BCUT2D eigenvalue weighted by atomic mass is 10.2. The molecule has 0 saturated heterocycles. The number of hydrogen-bond acceptors (Lipinski definition) is 4. The van der Waals surface area contributed by atoms with Gasteiger partial charge in [0.25, 0.3) is 0 Å². The Labute approximate surface area is 125 Å². The van der Waals surface area contributed by atoms with Gasteiger partial charge in [0.2, 0.25) is 0 Å². The molecule has 1 aromatic carbocycles. The van der Waals surface area contributed by atoms with Crippen LogP contribution < -0.4 is 5.32 Å². The lowest BCUT2D eigenvalue weighted by Crippen LogP contribution is -2.10. The molecule has 0 aliphatic heterocycles. The van der Waals surface area contributed by atoms with E-state index >= 15 is 0 Å². The Morgan fingerprint density at radius 2 is 2.10 bits per heavy atom. The monoisotopic (exact) mass is 309 g/mol. The van der Waals surface area contributed by atoms with Gasteiger partial charge in [0.05, 0.1) is 22.6 Å². The van der Waals surface area contributed by atoms with Crippen molar-refractivity contribution in [2.45, 2.75) is 19.8 Å². The Balaban J connectivity index is 2.44. The fraction of sp³-hybridized carbons (Fsp3) is 0.214. The summed E-state index contributed by atoms with van der Waals surface area (Å²) < 4.78 is 13.2. The number of carbonyl (C=O) groups is 1. The molecule has 1 aromatic heterocycles. The van der Waals surface area contributed by atoms with Crippen LogP contribution in [0.3, 0.4) is 0 Å². The lowest BCUT2D eigenvalue weighted by molar-refractivity contribution is 0.0691. The summed E-state index contributed by atoms with van der Waals surface area (Å²) in [5.74, 6) is -1.27. The van der Waals surface area contributed by atoms with E-state index in [4.69, 9.17) is 11.6 Å². The summed E-state index contributed by atoms with van der Waals surface area (Å²) in [6.07, 6.45) is 1.35. The molecule has 0 spiro atoms. The summed E-state index contributed by atoms with van der Waals surface area (Å²) in [7, 11) is 0. The standard InChI is InChI=1S/C14H13ClFN3O2/c1-7(2)13-17-6-11(12(19-13)14(20)21)18-10-5-8(16)3-4-9(10)15/h3-7,18H,1-2H3,(H,20,21). The van der Waals surface area contributed by atoms with Crippen LogP contribution in [-0.2, 0) is 0 Å². The fourth-order valence-electron chi connectivity index (χ4n) is 1.67. The highest BCUT2D eigenvalue weighted by atomic mass is 35.5. The lowest BCUT2D eigenvalue weighted by Gasteiger charge is -2.12. The zero-order valence-corrected chi connectivity index (χ0v) is 12.1. The minimum Gasteiger partial charge on any atom is -0.476 e. The number of anilines is 2. The van der Waals surface area contributed by atoms with E-state index in [1.807, 2.05) is 13.8 Å². The molecule has 21 heavy (non-hydrogen) atoms. The summed E-state index contributed by atoms with van der Waals surface area (Å²) >= 11 is 5.94. The second kappa shape index (κ2) is 6.05. The fourth-order valence-corrected chi connectivity index (χ4v) is 1.83. The second-order valence-corrected chi connectivity index (χ2v) is 5.11. The van der Waals surface area contributed by atoms with Crippen molar-refractivity contribution in [3.05, 3.63) is 46.8 Å². The second-order valence-electron chi connectivity index (χ2n) is 4.70. The zero-order valence-electron chi connectivity index (χ0n) is 11.4. The highest BCUT2D eigenvalue weighted by molar-refractivity contribution is 6.33. The normalized spacial score (nSPS) is 10.7. The number of aromatic nitrogens is 2. The van der Waals surface area contributed by atoms with E-state index < -0.39 is 11.8 Å². The Hall–Kier alpha value is -2.21. The Morgan fingerprint density at radius 3 is 2.71 bits per heavy atom. The predicted octanol–water partition coefficient (Wildman–Crippen LogP) is 3.83. The molecule has 2 aromatic rings. The molecule has 0 radical (unpaired) electrons. The first-order chi connectivity index (χ1) is 9.88. The Morgan fingerprint density at radius 1 is 1.38 bits per heavy atom. The number of nitrogens with zero attached hydrogens (tertiary/aromatic N) is 2. The van der Waals surface area contributed by atoms with E-state index in [0.29, 0.717) is 5.82 Å². The minimum atomic E-state index is -1.20. The molecule has 0 amide bonds. The van der Waals surface area contributed by atoms with Gasteiger partial charge >= 0.3 is 5.97 Å². The number of hydrogen-bond donors (Lipinski definition) is 2. The van der Waals surface area contributed by atoms with Crippen molar-refractivity contribution in [1.82, 2.24) is 9.97 Å². The number of benzene rings is 1. The summed E-state index contributed by atoms with van der Waals surface area (Å²) in [4.78, 5) is 19.4. The smallest absolute Gasteiger partial charge is 0.356 e. The third-order valence-corrected chi connectivity index (χ3v) is 3.05. The Bertz CT molecular complexity index is 692. The third-order valence-electron chi connectivity index (χ3n) is 2.72. The SMILES string of the molecule is CC(C)c1ncc(Nc2cc(F)ccc2Cl)c(C(=O)O)n1. The highest BCUT2D eigenvalue weighted by Crippen LogP contribution is 2.27. The first-order valence-electron chi connectivity index (χ1n) is 6.20. The number of aromatic carboxylic acids is 1. The van der Waals surface area contributed by atoms with Gasteiger partial charge in [-0.1, -0.05) is 25.4 Å². The van der Waals surface area contributed by atoms with Crippen molar-refractivity contribution in [2.24, 2.45) is 0 Å². The maximum absolute atomic E-state index is 13.2. The van der Waals surface area contributed by atoms with E-state index in [9.17, 15) is 14.3 Å². The van der Waals surface area contributed by atoms with Crippen LogP contribution in [-0.4, -0.2) is 21.0 Å². The predicted molar refractivity (Wildman–Crippen MR) is 77.8 cm³/mol. The topological polar surface area (TPSA) is 75.1 Å². The molecule has 0 saturated carbocycles. The van der Waals surface area contributed by atoms with Gasteiger partial charge in [0.1, 0.15) is 11.6 Å². The third kappa shape index (κ3) is 3.46. The van der Waals surface area contributed by atoms with E-state index in [2.05, 4.69) is 15.3 Å². The quantitative estimate of drug-likeness (QED) is 0.897. The first kappa shape index (κ1) is 15.2. The van der Waals surface area contributed by atoms with Gasteiger partial charge in [-0.3, -0.25) is 0 Å². The molecule has 1 heterocycles. The van der Waals surface area contributed by atoms with Crippen LogP contribution in [0.1, 0.15) is 36.1 Å². The van der Waals surface area contributed by atoms with Crippen molar-refractivity contribution in [2.75, 3.05) is 5.32 Å². The molecular weight excluding hydrogens is 297 g/mol. The van der Waals surface area contributed by atoms with E-state index in [1.165, 1.54) is 24.4 Å². The molecule has 2 N–H and O–H groups in total. The molecule has 2 rings (SSSR count). The molecule has 0 aliphatic carbocycles. The summed E-state index contributed by atoms with van der Waals surface area (Å²) in [5.41, 5.74) is 0.216. The number of nitrogens with one attached hydrogen (secondary N) is 1. The molecule has 110 valence electrons. The van der Waals surface area contributed by atoms with E-state index in [1.54, 1.807) is 0 Å². The van der Waals surface area contributed by atoms with Crippen LogP contribution in [0.2, 0.25) is 5.02 Å². The molecule has 0 aliphatic rings. The van der Waals surface area contributed by atoms with Gasteiger partial charge in [-0.2, -0.15) is 0 Å². The number of carboxylic acid groups (broad SMARTS) is 1. The number of halogens is 2. The maximum atomic E-state index is 13.2. The van der Waals surface area contributed by atoms with Gasteiger partial charge in [0.15, 0.2) is 5.69 Å². The van der Waals surface area contributed by atoms with Gasteiger partial charge in [0, 0.05) is 5.92 Å². The number of rotatable bonds is 4. The van der Waals surface area contributed by atoms with Crippen LogP contribution in [0.4, 0.5) is 15.8 Å².